The van der Waals surface area contributed by atoms with E-state index in [1.807, 2.05) is 26.0 Å². The number of benzene rings is 1. The van der Waals surface area contributed by atoms with E-state index in [1.165, 1.54) is 4.31 Å². The first kappa shape index (κ1) is 16.8. The van der Waals surface area contributed by atoms with E-state index in [4.69, 9.17) is 0 Å². The third-order valence-corrected chi connectivity index (χ3v) is 5.14. The molecule has 0 aromatic heterocycles. The standard InChI is InChI=1S/C16H24N2O3S/c1-13-7-8-15(14(2)11-13)18(22(3,20)21)12-16(19)17-9-5-4-6-10-17/h7-8,11H,4-6,9-10,12H2,1-3H3. The molecule has 122 valence electrons. The molecule has 1 aliphatic rings. The first-order chi connectivity index (χ1) is 10.3. The van der Waals surface area contributed by atoms with Crippen molar-refractivity contribution in [3.8, 4) is 0 Å². The Morgan fingerprint density at radius 3 is 2.36 bits per heavy atom. The fraction of sp³-hybridized carbons (Fsp3) is 0.562. The molecule has 5 nitrogen and oxygen atoms in total. The molecule has 0 spiro atoms. The van der Waals surface area contributed by atoms with Gasteiger partial charge in [0.15, 0.2) is 0 Å². The van der Waals surface area contributed by atoms with Crippen molar-refractivity contribution in [1.82, 2.24) is 4.90 Å². The van der Waals surface area contributed by atoms with Gasteiger partial charge in [-0.05, 0) is 44.7 Å². The van der Waals surface area contributed by atoms with E-state index in [2.05, 4.69) is 0 Å². The normalized spacial score (nSPS) is 15.7. The molecule has 0 N–H and O–H groups in total. The molecule has 22 heavy (non-hydrogen) atoms. The summed E-state index contributed by atoms with van der Waals surface area (Å²) in [5.74, 6) is -0.120. The molecule has 1 saturated heterocycles. The van der Waals surface area contributed by atoms with Crippen LogP contribution in [0.25, 0.3) is 0 Å². The van der Waals surface area contributed by atoms with E-state index >= 15 is 0 Å². The molecule has 1 heterocycles. The molecule has 6 heteroatoms. The highest BCUT2D eigenvalue weighted by Crippen LogP contribution is 2.24. The van der Waals surface area contributed by atoms with Gasteiger partial charge in [-0.15, -0.1) is 0 Å². The van der Waals surface area contributed by atoms with E-state index in [9.17, 15) is 13.2 Å². The van der Waals surface area contributed by atoms with Crippen LogP contribution in [-0.2, 0) is 14.8 Å². The van der Waals surface area contributed by atoms with Crippen LogP contribution in [-0.4, -0.2) is 45.1 Å². The van der Waals surface area contributed by atoms with E-state index < -0.39 is 10.0 Å². The molecule has 1 aromatic carbocycles. The number of hydrogen-bond donors (Lipinski definition) is 0. The molecule has 0 unspecified atom stereocenters. The van der Waals surface area contributed by atoms with Crippen molar-refractivity contribution in [2.75, 3.05) is 30.2 Å². The van der Waals surface area contributed by atoms with Gasteiger partial charge in [-0.1, -0.05) is 17.7 Å². The van der Waals surface area contributed by atoms with Crippen LogP contribution < -0.4 is 4.31 Å². The second kappa shape index (κ2) is 6.69. The SMILES string of the molecule is Cc1ccc(N(CC(=O)N2CCCCC2)S(C)(=O)=O)c(C)c1. The number of carbonyl (C=O) groups excluding carboxylic acids is 1. The quantitative estimate of drug-likeness (QED) is 0.852. The molecule has 2 rings (SSSR count). The Morgan fingerprint density at radius 2 is 1.82 bits per heavy atom. The second-order valence-corrected chi connectivity index (χ2v) is 7.91. The maximum absolute atomic E-state index is 12.4. The second-order valence-electron chi connectivity index (χ2n) is 6.00. The Hall–Kier alpha value is -1.56. The molecule has 1 aromatic rings. The lowest BCUT2D eigenvalue weighted by atomic mass is 10.1. The number of nitrogens with zero attached hydrogens (tertiary/aromatic N) is 2. The van der Waals surface area contributed by atoms with Gasteiger partial charge in [-0.3, -0.25) is 9.10 Å². The van der Waals surface area contributed by atoms with Crippen LogP contribution in [0, 0.1) is 13.8 Å². The summed E-state index contributed by atoms with van der Waals surface area (Å²) in [6, 6.07) is 5.57. The van der Waals surface area contributed by atoms with Crippen molar-refractivity contribution in [1.29, 1.82) is 0 Å². The Bertz CT molecular complexity index is 649. The van der Waals surface area contributed by atoms with Gasteiger partial charge in [0.2, 0.25) is 15.9 Å². The van der Waals surface area contributed by atoms with Gasteiger partial charge in [-0.25, -0.2) is 8.42 Å². The Morgan fingerprint density at radius 1 is 1.18 bits per heavy atom. The highest BCUT2D eigenvalue weighted by molar-refractivity contribution is 7.92. The highest BCUT2D eigenvalue weighted by atomic mass is 32.2. The maximum Gasteiger partial charge on any atom is 0.243 e. The Kier molecular flexibility index (Phi) is 5.11. The number of sulfonamides is 1. The average molecular weight is 324 g/mol. The number of hydrogen-bond acceptors (Lipinski definition) is 3. The molecule has 1 amide bonds. The molecule has 0 bridgehead atoms. The Labute approximate surface area is 133 Å². The third-order valence-electron chi connectivity index (χ3n) is 4.01. The number of amides is 1. The minimum Gasteiger partial charge on any atom is -0.341 e. The lowest BCUT2D eigenvalue weighted by molar-refractivity contribution is -0.130. The minimum atomic E-state index is -3.50. The maximum atomic E-state index is 12.4. The average Bonchev–Trinajstić information content (AvgIpc) is 2.45. The molecular weight excluding hydrogens is 300 g/mol. The van der Waals surface area contributed by atoms with E-state index in [0.29, 0.717) is 5.69 Å². The highest BCUT2D eigenvalue weighted by Gasteiger charge is 2.25. The van der Waals surface area contributed by atoms with Crippen LogP contribution in [0.3, 0.4) is 0 Å². The van der Waals surface area contributed by atoms with Crippen molar-refractivity contribution < 1.29 is 13.2 Å². The summed E-state index contributed by atoms with van der Waals surface area (Å²) < 4.78 is 25.5. The molecule has 0 radical (unpaired) electrons. The fourth-order valence-corrected chi connectivity index (χ4v) is 3.74. The number of anilines is 1. The summed E-state index contributed by atoms with van der Waals surface area (Å²) in [6.07, 6.45) is 4.27. The molecule has 0 atom stereocenters. The van der Waals surface area contributed by atoms with E-state index in [-0.39, 0.29) is 12.5 Å². The smallest absolute Gasteiger partial charge is 0.243 e. The molecule has 0 aliphatic carbocycles. The predicted molar refractivity (Wildman–Crippen MR) is 88.5 cm³/mol. The van der Waals surface area contributed by atoms with Gasteiger partial charge >= 0.3 is 0 Å². The van der Waals surface area contributed by atoms with Crippen LogP contribution in [0.5, 0.6) is 0 Å². The summed E-state index contributed by atoms with van der Waals surface area (Å²) in [6.45, 7) is 5.15. The van der Waals surface area contributed by atoms with Crippen LogP contribution >= 0.6 is 0 Å². The number of piperidine rings is 1. The minimum absolute atomic E-state index is 0.120. The Balaban J connectivity index is 2.25. The van der Waals surface area contributed by atoms with Crippen molar-refractivity contribution in [3.05, 3.63) is 29.3 Å². The summed E-state index contributed by atoms with van der Waals surface area (Å²) in [5, 5.41) is 0. The van der Waals surface area contributed by atoms with Crippen molar-refractivity contribution in [3.63, 3.8) is 0 Å². The van der Waals surface area contributed by atoms with Gasteiger partial charge in [-0.2, -0.15) is 0 Å². The van der Waals surface area contributed by atoms with Gasteiger partial charge in [0.1, 0.15) is 6.54 Å². The molecule has 1 aliphatic heterocycles. The van der Waals surface area contributed by atoms with Crippen LogP contribution in [0.1, 0.15) is 30.4 Å². The fourth-order valence-electron chi connectivity index (χ4n) is 2.83. The van der Waals surface area contributed by atoms with E-state index in [0.717, 1.165) is 49.7 Å². The third kappa shape index (κ3) is 4.00. The summed E-state index contributed by atoms with van der Waals surface area (Å²) in [4.78, 5) is 14.2. The monoisotopic (exact) mass is 324 g/mol. The lowest BCUT2D eigenvalue weighted by Gasteiger charge is -2.30. The number of likely N-dealkylation sites (tertiary alicyclic amines) is 1. The number of rotatable bonds is 4. The van der Waals surface area contributed by atoms with Crippen molar-refractivity contribution in [2.45, 2.75) is 33.1 Å². The summed E-state index contributed by atoms with van der Waals surface area (Å²) >= 11 is 0. The van der Waals surface area contributed by atoms with Crippen molar-refractivity contribution >= 4 is 21.6 Å². The van der Waals surface area contributed by atoms with Crippen LogP contribution in [0.4, 0.5) is 5.69 Å². The summed E-state index contributed by atoms with van der Waals surface area (Å²) in [5.41, 5.74) is 2.51. The van der Waals surface area contributed by atoms with Gasteiger partial charge in [0.05, 0.1) is 11.9 Å². The lowest BCUT2D eigenvalue weighted by Crippen LogP contribution is -2.44. The van der Waals surface area contributed by atoms with Crippen LogP contribution in [0.2, 0.25) is 0 Å². The first-order valence-electron chi connectivity index (χ1n) is 7.62. The largest absolute Gasteiger partial charge is 0.341 e. The zero-order valence-corrected chi connectivity index (χ0v) is 14.3. The number of carbonyl (C=O) groups is 1. The van der Waals surface area contributed by atoms with Gasteiger partial charge in [0, 0.05) is 13.1 Å². The van der Waals surface area contributed by atoms with Crippen LogP contribution in [0.15, 0.2) is 18.2 Å². The topological polar surface area (TPSA) is 57.7 Å². The van der Waals surface area contributed by atoms with E-state index in [1.54, 1.807) is 11.0 Å². The molecular formula is C16H24N2O3S. The molecule has 0 saturated carbocycles. The zero-order valence-electron chi connectivity index (χ0n) is 13.5. The predicted octanol–water partition coefficient (Wildman–Crippen LogP) is 2.08. The van der Waals surface area contributed by atoms with Gasteiger partial charge < -0.3 is 4.90 Å². The molecule has 1 fully saturated rings. The number of aryl methyl sites for hydroxylation is 2. The van der Waals surface area contributed by atoms with Gasteiger partial charge in [0.25, 0.3) is 0 Å². The summed E-state index contributed by atoms with van der Waals surface area (Å²) in [7, 11) is -3.50. The first-order valence-corrected chi connectivity index (χ1v) is 9.46. The van der Waals surface area contributed by atoms with Crippen molar-refractivity contribution in [2.24, 2.45) is 0 Å². The zero-order chi connectivity index (χ0) is 16.3.